The molecule has 0 fully saturated rings. The maximum atomic E-state index is 10.8. The van der Waals surface area contributed by atoms with Crippen LogP contribution in [0.3, 0.4) is 0 Å². The molecule has 0 spiro atoms. The molecule has 1 aliphatic rings. The van der Waals surface area contributed by atoms with E-state index in [1.54, 1.807) is 12.1 Å². The van der Waals surface area contributed by atoms with E-state index >= 15 is 0 Å². The summed E-state index contributed by atoms with van der Waals surface area (Å²) in [6, 6.07) is 5.06. The molecule has 0 aliphatic carbocycles. The minimum atomic E-state index is -0.357. The lowest BCUT2D eigenvalue weighted by Crippen LogP contribution is -2.44. The first-order valence-electron chi connectivity index (χ1n) is 5.68. The average Bonchev–Trinajstić information content (AvgIpc) is 2.58. The van der Waals surface area contributed by atoms with Crippen molar-refractivity contribution >= 4 is 11.4 Å². The molecule has 5 heteroatoms. The zero-order valence-corrected chi connectivity index (χ0v) is 10.1. The Kier molecular flexibility index (Phi) is 2.79. The second kappa shape index (κ2) is 4.00. The van der Waals surface area contributed by atoms with Crippen LogP contribution >= 0.6 is 0 Å². The molecule has 0 saturated heterocycles. The number of non-ortho nitro benzene ring substituents is 1. The van der Waals surface area contributed by atoms with E-state index < -0.39 is 0 Å². The molecule has 0 saturated carbocycles. The number of hydrogen-bond acceptors (Lipinski definition) is 4. The maximum Gasteiger partial charge on any atom is 0.271 e. The van der Waals surface area contributed by atoms with Crippen molar-refractivity contribution < 1.29 is 4.92 Å². The van der Waals surface area contributed by atoms with E-state index in [0.29, 0.717) is 6.54 Å². The van der Waals surface area contributed by atoms with E-state index in [4.69, 9.17) is 5.73 Å². The van der Waals surface area contributed by atoms with E-state index in [9.17, 15) is 10.1 Å². The monoisotopic (exact) mass is 235 g/mol. The highest BCUT2D eigenvalue weighted by Crippen LogP contribution is 2.32. The van der Waals surface area contributed by atoms with Gasteiger partial charge in [0.15, 0.2) is 0 Å². The first-order valence-corrected chi connectivity index (χ1v) is 5.68. The molecule has 1 aromatic carbocycles. The molecular formula is C12H17N3O2. The lowest BCUT2D eigenvalue weighted by molar-refractivity contribution is -0.384. The normalized spacial score (nSPS) is 14.9. The summed E-state index contributed by atoms with van der Waals surface area (Å²) in [5.74, 6) is 0. The third kappa shape index (κ3) is 2.55. The van der Waals surface area contributed by atoms with Crippen molar-refractivity contribution in [3.05, 3.63) is 33.9 Å². The molecule has 2 N–H and O–H groups in total. The van der Waals surface area contributed by atoms with Crippen LogP contribution in [0.25, 0.3) is 0 Å². The fourth-order valence-electron chi connectivity index (χ4n) is 2.20. The Balaban J connectivity index is 2.29. The molecule has 0 atom stereocenters. The standard InChI is InChI=1S/C12H17N3O2/c1-12(2,13)8-14-6-5-9-3-4-10(15(16)17)7-11(9)14/h3-4,7H,5-6,8,13H2,1-2H3. The topological polar surface area (TPSA) is 72.4 Å². The Bertz CT molecular complexity index is 452. The number of nitro benzene ring substituents is 1. The minimum absolute atomic E-state index is 0.144. The van der Waals surface area contributed by atoms with E-state index in [-0.39, 0.29) is 16.1 Å². The Morgan fingerprint density at radius 1 is 1.53 bits per heavy atom. The fourth-order valence-corrected chi connectivity index (χ4v) is 2.20. The van der Waals surface area contributed by atoms with E-state index in [2.05, 4.69) is 4.90 Å². The number of rotatable bonds is 3. The van der Waals surface area contributed by atoms with Crippen molar-refractivity contribution in [1.82, 2.24) is 0 Å². The van der Waals surface area contributed by atoms with Crippen molar-refractivity contribution in [3.63, 3.8) is 0 Å². The van der Waals surface area contributed by atoms with Crippen molar-refractivity contribution in [1.29, 1.82) is 0 Å². The first kappa shape index (κ1) is 11.9. The number of anilines is 1. The van der Waals surface area contributed by atoms with Gasteiger partial charge in [-0.25, -0.2) is 0 Å². The molecule has 1 heterocycles. The second-order valence-corrected chi connectivity index (χ2v) is 5.23. The predicted molar refractivity (Wildman–Crippen MR) is 67.3 cm³/mol. The number of hydrogen-bond donors (Lipinski definition) is 1. The quantitative estimate of drug-likeness (QED) is 0.639. The van der Waals surface area contributed by atoms with E-state index in [0.717, 1.165) is 18.7 Å². The summed E-state index contributed by atoms with van der Waals surface area (Å²) in [4.78, 5) is 12.5. The Morgan fingerprint density at radius 2 is 2.24 bits per heavy atom. The highest BCUT2D eigenvalue weighted by Gasteiger charge is 2.25. The van der Waals surface area contributed by atoms with Crippen LogP contribution in [-0.2, 0) is 6.42 Å². The fraction of sp³-hybridized carbons (Fsp3) is 0.500. The van der Waals surface area contributed by atoms with Gasteiger partial charge >= 0.3 is 0 Å². The zero-order valence-electron chi connectivity index (χ0n) is 10.1. The second-order valence-electron chi connectivity index (χ2n) is 5.23. The average molecular weight is 235 g/mol. The van der Waals surface area contributed by atoms with Crippen LogP contribution in [0.2, 0.25) is 0 Å². The number of nitrogens with zero attached hydrogens (tertiary/aromatic N) is 2. The van der Waals surface area contributed by atoms with Gasteiger partial charge in [-0.3, -0.25) is 10.1 Å². The van der Waals surface area contributed by atoms with Crippen LogP contribution in [0.1, 0.15) is 19.4 Å². The number of nitro groups is 1. The summed E-state index contributed by atoms with van der Waals surface area (Å²) >= 11 is 0. The largest absolute Gasteiger partial charge is 0.369 e. The van der Waals surface area contributed by atoms with E-state index in [1.165, 1.54) is 5.56 Å². The maximum absolute atomic E-state index is 10.8. The number of benzene rings is 1. The van der Waals surface area contributed by atoms with Gasteiger partial charge in [0.1, 0.15) is 0 Å². The van der Waals surface area contributed by atoms with Crippen molar-refractivity contribution in [2.24, 2.45) is 5.73 Å². The van der Waals surface area contributed by atoms with Crippen LogP contribution < -0.4 is 10.6 Å². The minimum Gasteiger partial charge on any atom is -0.369 e. The first-order chi connectivity index (χ1) is 7.87. The molecule has 17 heavy (non-hydrogen) atoms. The highest BCUT2D eigenvalue weighted by atomic mass is 16.6. The number of fused-ring (bicyclic) bond motifs is 1. The molecule has 0 amide bonds. The van der Waals surface area contributed by atoms with Crippen molar-refractivity contribution in [2.75, 3.05) is 18.0 Å². The van der Waals surface area contributed by atoms with Gasteiger partial charge in [-0.15, -0.1) is 0 Å². The van der Waals surface area contributed by atoms with Crippen molar-refractivity contribution in [3.8, 4) is 0 Å². The lowest BCUT2D eigenvalue weighted by atomic mass is 10.1. The van der Waals surface area contributed by atoms with Gasteiger partial charge in [-0.1, -0.05) is 6.07 Å². The van der Waals surface area contributed by atoms with Gasteiger partial charge in [-0.2, -0.15) is 0 Å². The zero-order chi connectivity index (χ0) is 12.6. The van der Waals surface area contributed by atoms with Gasteiger partial charge in [0.2, 0.25) is 0 Å². The van der Waals surface area contributed by atoms with Crippen LogP contribution in [0.4, 0.5) is 11.4 Å². The highest BCUT2D eigenvalue weighted by molar-refractivity contribution is 5.62. The SMILES string of the molecule is CC(C)(N)CN1CCc2ccc([N+](=O)[O-])cc21. The van der Waals surface area contributed by atoms with Crippen molar-refractivity contribution in [2.45, 2.75) is 25.8 Å². The molecule has 0 bridgehead atoms. The molecule has 1 aliphatic heterocycles. The molecule has 0 aromatic heterocycles. The summed E-state index contributed by atoms with van der Waals surface area (Å²) in [6.07, 6.45) is 0.934. The third-order valence-corrected chi connectivity index (χ3v) is 2.87. The van der Waals surface area contributed by atoms with Crippen LogP contribution in [0, 0.1) is 10.1 Å². The molecule has 92 valence electrons. The van der Waals surface area contributed by atoms with E-state index in [1.807, 2.05) is 19.9 Å². The predicted octanol–water partition coefficient (Wildman–Crippen LogP) is 1.69. The number of nitrogens with two attached hydrogens (primary N) is 1. The van der Waals surface area contributed by atoms with Crippen LogP contribution in [0.15, 0.2) is 18.2 Å². The van der Waals surface area contributed by atoms with Gasteiger partial charge < -0.3 is 10.6 Å². The Labute approximate surface area is 100 Å². The summed E-state index contributed by atoms with van der Waals surface area (Å²) in [7, 11) is 0. The summed E-state index contributed by atoms with van der Waals surface area (Å²) in [6.45, 7) is 5.52. The summed E-state index contributed by atoms with van der Waals surface area (Å²) in [5, 5.41) is 10.8. The van der Waals surface area contributed by atoms with Crippen LogP contribution in [-0.4, -0.2) is 23.6 Å². The van der Waals surface area contributed by atoms with Gasteiger partial charge in [0.05, 0.1) is 4.92 Å². The lowest BCUT2D eigenvalue weighted by Gasteiger charge is -2.28. The molecule has 2 rings (SSSR count). The molecule has 0 radical (unpaired) electrons. The molecule has 5 nitrogen and oxygen atoms in total. The summed E-state index contributed by atoms with van der Waals surface area (Å²) < 4.78 is 0. The van der Waals surface area contributed by atoms with Gasteiger partial charge in [-0.05, 0) is 25.8 Å². The Morgan fingerprint density at radius 3 is 2.82 bits per heavy atom. The van der Waals surface area contributed by atoms with Gasteiger partial charge in [0.25, 0.3) is 5.69 Å². The third-order valence-electron chi connectivity index (χ3n) is 2.87. The Hall–Kier alpha value is -1.62. The molecule has 1 aromatic rings. The van der Waals surface area contributed by atoms with Gasteiger partial charge in [0, 0.05) is 36.4 Å². The van der Waals surface area contributed by atoms with Crippen LogP contribution in [0.5, 0.6) is 0 Å². The molecule has 0 unspecified atom stereocenters. The molecular weight excluding hydrogens is 218 g/mol. The smallest absolute Gasteiger partial charge is 0.271 e. The summed E-state index contributed by atoms with van der Waals surface area (Å²) in [5.41, 5.74) is 7.96.